The number of halogens is 2. The Kier molecular flexibility index (Phi) is 6.31. The molecule has 0 radical (unpaired) electrons. The van der Waals surface area contributed by atoms with Crippen LogP contribution in [0.3, 0.4) is 0 Å². The molecular formula is C25H19Cl2NO4. The Morgan fingerprint density at radius 2 is 1.72 bits per heavy atom. The third-order valence-electron chi connectivity index (χ3n) is 5.60. The lowest BCUT2D eigenvalue weighted by Gasteiger charge is -2.30. The number of hydrogen-bond acceptors (Lipinski definition) is 3. The minimum atomic E-state index is -1.03. The van der Waals surface area contributed by atoms with Gasteiger partial charge < -0.3 is 10.0 Å². The number of carbonyl (C=O) groups excluding carboxylic acids is 2. The van der Waals surface area contributed by atoms with Crippen molar-refractivity contribution >= 4 is 40.9 Å². The zero-order valence-electron chi connectivity index (χ0n) is 16.9. The van der Waals surface area contributed by atoms with Gasteiger partial charge in [0, 0.05) is 35.0 Å². The maximum absolute atomic E-state index is 13.6. The first-order valence-corrected chi connectivity index (χ1v) is 10.8. The van der Waals surface area contributed by atoms with Gasteiger partial charge in [-0.1, -0.05) is 53.5 Å². The summed E-state index contributed by atoms with van der Waals surface area (Å²) in [6, 6.07) is 17.7. The van der Waals surface area contributed by atoms with Crippen LogP contribution >= 0.6 is 23.2 Å². The van der Waals surface area contributed by atoms with Gasteiger partial charge >= 0.3 is 5.97 Å². The molecule has 4 rings (SSSR count). The highest BCUT2D eigenvalue weighted by Crippen LogP contribution is 2.28. The molecule has 162 valence electrons. The molecule has 1 heterocycles. The van der Waals surface area contributed by atoms with Crippen molar-refractivity contribution in [2.24, 2.45) is 0 Å². The van der Waals surface area contributed by atoms with E-state index in [0.29, 0.717) is 21.2 Å². The van der Waals surface area contributed by atoms with E-state index in [1.54, 1.807) is 41.3 Å². The van der Waals surface area contributed by atoms with Crippen molar-refractivity contribution < 1.29 is 19.5 Å². The van der Waals surface area contributed by atoms with Gasteiger partial charge in [-0.25, -0.2) is 4.79 Å². The average molecular weight is 468 g/mol. The summed E-state index contributed by atoms with van der Waals surface area (Å²) >= 11 is 12.5. The first-order chi connectivity index (χ1) is 15.3. The highest BCUT2D eigenvalue weighted by molar-refractivity contribution is 6.31. The predicted octanol–water partition coefficient (Wildman–Crippen LogP) is 5.07. The normalized spacial score (nSPS) is 15.9. The highest BCUT2D eigenvalue weighted by Gasteiger charge is 2.35. The van der Waals surface area contributed by atoms with Crippen molar-refractivity contribution in [3.05, 3.63) is 105 Å². The largest absolute Gasteiger partial charge is 0.478 e. The molecule has 0 spiro atoms. The van der Waals surface area contributed by atoms with Crippen LogP contribution in [0, 0.1) is 0 Å². The van der Waals surface area contributed by atoms with Crippen molar-refractivity contribution in [3.63, 3.8) is 0 Å². The predicted molar refractivity (Wildman–Crippen MR) is 122 cm³/mol. The zero-order chi connectivity index (χ0) is 22.8. The van der Waals surface area contributed by atoms with Gasteiger partial charge in [0.2, 0.25) is 0 Å². The summed E-state index contributed by atoms with van der Waals surface area (Å²) in [5, 5.41) is 10.1. The second kappa shape index (κ2) is 9.15. The molecule has 0 saturated heterocycles. The Hall–Kier alpha value is -3.15. The van der Waals surface area contributed by atoms with Crippen LogP contribution < -0.4 is 0 Å². The van der Waals surface area contributed by atoms with Gasteiger partial charge in [-0.05, 0) is 53.1 Å². The Labute approximate surface area is 195 Å². The van der Waals surface area contributed by atoms with Crippen LogP contribution in [0.2, 0.25) is 10.0 Å². The van der Waals surface area contributed by atoms with Gasteiger partial charge in [-0.2, -0.15) is 0 Å². The van der Waals surface area contributed by atoms with E-state index in [9.17, 15) is 14.4 Å². The van der Waals surface area contributed by atoms with E-state index in [4.69, 9.17) is 28.3 Å². The van der Waals surface area contributed by atoms with Gasteiger partial charge in [0.05, 0.1) is 11.6 Å². The third kappa shape index (κ3) is 4.54. The summed E-state index contributed by atoms with van der Waals surface area (Å²) in [5.41, 5.74) is 2.68. The maximum Gasteiger partial charge on any atom is 0.335 e. The van der Waals surface area contributed by atoms with Gasteiger partial charge in [-0.15, -0.1) is 0 Å². The molecule has 5 nitrogen and oxygen atoms in total. The monoisotopic (exact) mass is 467 g/mol. The van der Waals surface area contributed by atoms with Gasteiger partial charge in [-0.3, -0.25) is 9.59 Å². The molecule has 0 saturated carbocycles. The Bertz CT molecular complexity index is 1210. The molecule has 0 fully saturated rings. The topological polar surface area (TPSA) is 74.7 Å². The van der Waals surface area contributed by atoms with Crippen LogP contribution in [-0.2, 0) is 24.2 Å². The number of benzene rings is 3. The number of carboxylic acid groups (broad SMARTS) is 1. The number of ketones is 1. The lowest BCUT2D eigenvalue weighted by Crippen LogP contribution is -2.44. The van der Waals surface area contributed by atoms with E-state index >= 15 is 0 Å². The van der Waals surface area contributed by atoms with E-state index in [2.05, 4.69) is 0 Å². The van der Waals surface area contributed by atoms with Crippen LogP contribution in [0.1, 0.15) is 37.4 Å². The summed E-state index contributed by atoms with van der Waals surface area (Å²) in [6.45, 7) is 0.154. The molecular weight excluding hydrogens is 449 g/mol. The van der Waals surface area contributed by atoms with Gasteiger partial charge in [0.15, 0.2) is 5.78 Å². The molecule has 0 aromatic heterocycles. The molecule has 1 N–H and O–H groups in total. The summed E-state index contributed by atoms with van der Waals surface area (Å²) in [6.07, 6.45) is 0.365. The van der Waals surface area contributed by atoms with E-state index in [1.165, 1.54) is 12.1 Å². The van der Waals surface area contributed by atoms with E-state index < -0.39 is 12.0 Å². The van der Waals surface area contributed by atoms with Crippen molar-refractivity contribution in [1.29, 1.82) is 0 Å². The molecule has 0 bridgehead atoms. The van der Waals surface area contributed by atoms with E-state index in [-0.39, 0.29) is 36.6 Å². The standard InChI is InChI=1S/C25H19Cl2NO4/c26-19-9-10-20-18(11-19)13-23(29)22(12-17-3-1-2-4-21(17)27)28(24(20)30)14-15-5-7-16(8-6-15)25(31)32/h1-11,22H,12-14H2,(H,31,32)/t22-/m1/s1. The summed E-state index contributed by atoms with van der Waals surface area (Å²) in [4.78, 5) is 39.6. The maximum atomic E-state index is 13.6. The first kappa shape index (κ1) is 22.1. The van der Waals surface area contributed by atoms with Gasteiger partial charge in [0.1, 0.15) is 0 Å². The minimum absolute atomic E-state index is 0.0885. The molecule has 1 atom stereocenters. The van der Waals surface area contributed by atoms with Crippen LogP contribution in [0.5, 0.6) is 0 Å². The van der Waals surface area contributed by atoms with E-state index in [1.807, 2.05) is 18.2 Å². The molecule has 3 aromatic rings. The lowest BCUT2D eigenvalue weighted by atomic mass is 9.97. The Morgan fingerprint density at radius 3 is 2.41 bits per heavy atom. The molecule has 7 heteroatoms. The SMILES string of the molecule is O=C(O)c1ccc(CN2C(=O)c3ccc(Cl)cc3CC(=O)[C@H]2Cc2ccccc2Cl)cc1. The average Bonchev–Trinajstić information content (AvgIpc) is 2.85. The number of amides is 1. The number of carbonyl (C=O) groups is 3. The summed E-state index contributed by atoms with van der Waals surface area (Å²) in [5.74, 6) is -1.41. The van der Waals surface area contributed by atoms with Crippen LogP contribution in [0.15, 0.2) is 66.7 Å². The number of rotatable bonds is 5. The minimum Gasteiger partial charge on any atom is -0.478 e. The highest BCUT2D eigenvalue weighted by atomic mass is 35.5. The number of hydrogen-bond donors (Lipinski definition) is 1. The molecule has 1 aliphatic rings. The number of Topliss-reactive ketones (excluding diaryl/α,β-unsaturated/α-hetero) is 1. The van der Waals surface area contributed by atoms with Crippen LogP contribution in [-0.4, -0.2) is 33.7 Å². The quantitative estimate of drug-likeness (QED) is 0.568. The van der Waals surface area contributed by atoms with Gasteiger partial charge in [0.25, 0.3) is 5.91 Å². The zero-order valence-corrected chi connectivity index (χ0v) is 18.4. The molecule has 1 amide bonds. The first-order valence-electron chi connectivity index (χ1n) is 10.0. The fourth-order valence-corrected chi connectivity index (χ4v) is 4.33. The second-order valence-electron chi connectivity index (χ2n) is 7.69. The fourth-order valence-electron chi connectivity index (χ4n) is 3.92. The van der Waals surface area contributed by atoms with E-state index in [0.717, 1.165) is 11.1 Å². The Morgan fingerprint density at radius 1 is 1.00 bits per heavy atom. The fraction of sp³-hybridized carbons (Fsp3) is 0.160. The van der Waals surface area contributed by atoms with Crippen molar-refractivity contribution in [2.45, 2.75) is 25.4 Å². The molecule has 32 heavy (non-hydrogen) atoms. The molecule has 0 unspecified atom stereocenters. The third-order valence-corrected chi connectivity index (χ3v) is 6.20. The van der Waals surface area contributed by atoms with Crippen LogP contribution in [0.4, 0.5) is 0 Å². The van der Waals surface area contributed by atoms with Crippen molar-refractivity contribution in [3.8, 4) is 0 Å². The number of fused-ring (bicyclic) bond motifs is 1. The molecule has 1 aliphatic heterocycles. The van der Waals surface area contributed by atoms with Crippen molar-refractivity contribution in [1.82, 2.24) is 4.90 Å². The summed E-state index contributed by atoms with van der Waals surface area (Å²) < 4.78 is 0. The van der Waals surface area contributed by atoms with Crippen molar-refractivity contribution in [2.75, 3.05) is 0 Å². The summed E-state index contributed by atoms with van der Waals surface area (Å²) in [7, 11) is 0. The molecule has 3 aromatic carbocycles. The number of aromatic carboxylic acids is 1. The number of carboxylic acids is 1. The smallest absolute Gasteiger partial charge is 0.335 e. The molecule has 0 aliphatic carbocycles. The lowest BCUT2D eigenvalue weighted by molar-refractivity contribution is -0.122. The number of nitrogens with zero attached hydrogens (tertiary/aromatic N) is 1. The second-order valence-corrected chi connectivity index (χ2v) is 8.53. The Balaban J connectivity index is 1.74. The van der Waals surface area contributed by atoms with Crippen LogP contribution in [0.25, 0.3) is 0 Å².